The fourth-order valence-corrected chi connectivity index (χ4v) is 1.99. The molecular formula is C12H23FN4O. The summed E-state index contributed by atoms with van der Waals surface area (Å²) in [5.41, 5.74) is 0. The number of amides is 1. The molecule has 1 amide bonds. The van der Waals surface area contributed by atoms with Gasteiger partial charge >= 0.3 is 0 Å². The second kappa shape index (κ2) is 7.89. The third-order valence-corrected chi connectivity index (χ3v) is 3.01. The number of carbonyl (C=O) groups excluding carboxylic acids is 1. The van der Waals surface area contributed by atoms with Crippen LogP contribution in [0.3, 0.4) is 0 Å². The van der Waals surface area contributed by atoms with E-state index in [2.05, 4.69) is 15.6 Å². The van der Waals surface area contributed by atoms with Crippen LogP contribution in [0, 0.1) is 0 Å². The maximum atomic E-state index is 12.0. The smallest absolute Gasteiger partial charge is 0.222 e. The predicted octanol–water partition coefficient (Wildman–Crippen LogP) is 0.522. The van der Waals surface area contributed by atoms with Gasteiger partial charge in [0.1, 0.15) is 0 Å². The number of alkyl halides is 1. The molecule has 0 radical (unpaired) electrons. The van der Waals surface area contributed by atoms with Crippen LogP contribution >= 0.6 is 0 Å². The fourth-order valence-electron chi connectivity index (χ4n) is 1.99. The van der Waals surface area contributed by atoms with Gasteiger partial charge in [-0.25, -0.2) is 0 Å². The number of hydrogen-bond donors (Lipinski definition) is 2. The van der Waals surface area contributed by atoms with Crippen LogP contribution in [0.2, 0.25) is 0 Å². The van der Waals surface area contributed by atoms with Crippen molar-refractivity contribution in [2.45, 2.75) is 32.2 Å². The Balaban J connectivity index is 2.32. The molecule has 0 aliphatic carbocycles. The number of likely N-dealkylation sites (tertiary alicyclic amines) is 1. The Morgan fingerprint density at radius 3 is 2.94 bits per heavy atom. The van der Waals surface area contributed by atoms with Crippen molar-refractivity contribution in [3.63, 3.8) is 0 Å². The quantitative estimate of drug-likeness (QED) is 0.429. The lowest BCUT2D eigenvalue weighted by molar-refractivity contribution is -0.129. The first-order chi connectivity index (χ1) is 8.71. The molecule has 1 unspecified atom stereocenters. The van der Waals surface area contributed by atoms with Crippen molar-refractivity contribution in [3.8, 4) is 0 Å². The minimum atomic E-state index is -0.327. The average molecular weight is 258 g/mol. The van der Waals surface area contributed by atoms with E-state index < -0.39 is 0 Å². The van der Waals surface area contributed by atoms with E-state index in [1.165, 1.54) is 0 Å². The van der Waals surface area contributed by atoms with Crippen molar-refractivity contribution in [2.24, 2.45) is 4.99 Å². The fraction of sp³-hybridized carbons (Fsp3) is 0.833. The molecule has 0 aromatic rings. The first-order valence-electron chi connectivity index (χ1n) is 6.52. The highest BCUT2D eigenvalue weighted by Crippen LogP contribution is 2.10. The molecule has 5 nitrogen and oxygen atoms in total. The van der Waals surface area contributed by atoms with Crippen LogP contribution in [0.15, 0.2) is 4.99 Å². The molecule has 1 aliphatic rings. The lowest BCUT2D eigenvalue weighted by Gasteiger charge is -2.18. The summed E-state index contributed by atoms with van der Waals surface area (Å²) >= 11 is 0. The minimum Gasteiger partial charge on any atom is -0.356 e. The van der Waals surface area contributed by atoms with Gasteiger partial charge in [0.25, 0.3) is 0 Å². The van der Waals surface area contributed by atoms with Gasteiger partial charge in [-0.05, 0) is 12.8 Å². The molecule has 0 saturated carbocycles. The van der Waals surface area contributed by atoms with Crippen molar-refractivity contribution in [1.82, 2.24) is 15.5 Å². The molecule has 6 heteroatoms. The van der Waals surface area contributed by atoms with Gasteiger partial charge in [-0.3, -0.25) is 14.2 Å². The van der Waals surface area contributed by atoms with Crippen LogP contribution in [-0.4, -0.2) is 56.2 Å². The van der Waals surface area contributed by atoms with Gasteiger partial charge in [0.2, 0.25) is 5.91 Å². The van der Waals surface area contributed by atoms with Crippen molar-refractivity contribution in [1.29, 1.82) is 0 Å². The molecule has 0 bridgehead atoms. The zero-order valence-corrected chi connectivity index (χ0v) is 11.2. The van der Waals surface area contributed by atoms with E-state index in [-0.39, 0.29) is 18.6 Å². The third kappa shape index (κ3) is 4.50. The van der Waals surface area contributed by atoms with Crippen molar-refractivity contribution in [3.05, 3.63) is 0 Å². The highest BCUT2D eigenvalue weighted by atomic mass is 19.1. The minimum absolute atomic E-state index is 0.194. The molecule has 1 rings (SSSR count). The molecule has 1 saturated heterocycles. The number of rotatable bonds is 5. The van der Waals surface area contributed by atoms with Crippen molar-refractivity contribution >= 4 is 11.9 Å². The predicted molar refractivity (Wildman–Crippen MR) is 70.4 cm³/mol. The SMILES string of the molecule is CCC(=O)N1CCC(NC(=NC)NCCCF)C1. The molecule has 18 heavy (non-hydrogen) atoms. The number of hydrogen-bond acceptors (Lipinski definition) is 2. The highest BCUT2D eigenvalue weighted by molar-refractivity contribution is 5.80. The van der Waals surface area contributed by atoms with Crippen LogP contribution in [-0.2, 0) is 4.79 Å². The number of halogens is 1. The van der Waals surface area contributed by atoms with Gasteiger partial charge in [0.15, 0.2) is 5.96 Å². The Morgan fingerprint density at radius 1 is 1.56 bits per heavy atom. The highest BCUT2D eigenvalue weighted by Gasteiger charge is 2.25. The summed E-state index contributed by atoms with van der Waals surface area (Å²) in [6.07, 6.45) is 1.96. The maximum absolute atomic E-state index is 12.0. The number of nitrogens with zero attached hydrogens (tertiary/aromatic N) is 2. The summed E-state index contributed by atoms with van der Waals surface area (Å²) in [7, 11) is 1.69. The maximum Gasteiger partial charge on any atom is 0.222 e. The third-order valence-electron chi connectivity index (χ3n) is 3.01. The Hall–Kier alpha value is -1.33. The number of guanidine groups is 1. The second-order valence-corrected chi connectivity index (χ2v) is 4.36. The van der Waals surface area contributed by atoms with Crippen LogP contribution in [0.1, 0.15) is 26.2 Å². The zero-order valence-electron chi connectivity index (χ0n) is 11.2. The second-order valence-electron chi connectivity index (χ2n) is 4.36. The van der Waals surface area contributed by atoms with Gasteiger partial charge in [0.05, 0.1) is 6.67 Å². The van der Waals surface area contributed by atoms with E-state index in [1.807, 2.05) is 11.8 Å². The van der Waals surface area contributed by atoms with Crippen LogP contribution in [0.25, 0.3) is 0 Å². The summed E-state index contributed by atoms with van der Waals surface area (Å²) in [4.78, 5) is 17.5. The van der Waals surface area contributed by atoms with E-state index >= 15 is 0 Å². The average Bonchev–Trinajstić information content (AvgIpc) is 2.85. The standard InChI is InChI=1S/C12H23FN4O/c1-3-11(18)17-8-5-10(9-17)16-12(14-2)15-7-4-6-13/h10H,3-9H2,1-2H3,(H2,14,15,16). The van der Waals surface area contributed by atoms with Crippen molar-refractivity contribution in [2.75, 3.05) is 33.4 Å². The number of aliphatic imine (C=N–C) groups is 1. The van der Waals surface area contributed by atoms with E-state index in [0.29, 0.717) is 25.3 Å². The summed E-state index contributed by atoms with van der Waals surface area (Å²) in [6.45, 7) is 3.63. The molecular weight excluding hydrogens is 235 g/mol. The van der Waals surface area contributed by atoms with E-state index in [4.69, 9.17) is 0 Å². The lowest BCUT2D eigenvalue weighted by atomic mass is 10.3. The molecule has 2 N–H and O–H groups in total. The van der Waals surface area contributed by atoms with Gasteiger partial charge in [-0.2, -0.15) is 0 Å². The summed E-state index contributed by atoms with van der Waals surface area (Å²) < 4.78 is 12.0. The Kier molecular flexibility index (Phi) is 6.46. The molecule has 1 heterocycles. The topological polar surface area (TPSA) is 56.7 Å². The van der Waals surface area contributed by atoms with E-state index in [0.717, 1.165) is 19.5 Å². The Labute approximate surface area is 108 Å². The summed E-state index contributed by atoms with van der Waals surface area (Å²) in [5.74, 6) is 0.874. The van der Waals surface area contributed by atoms with Gasteiger partial charge in [-0.15, -0.1) is 0 Å². The Morgan fingerprint density at radius 2 is 2.33 bits per heavy atom. The van der Waals surface area contributed by atoms with Gasteiger partial charge in [0, 0.05) is 39.1 Å². The van der Waals surface area contributed by atoms with Crippen LogP contribution < -0.4 is 10.6 Å². The molecule has 1 fully saturated rings. The first kappa shape index (κ1) is 14.7. The van der Waals surface area contributed by atoms with E-state index in [1.54, 1.807) is 7.05 Å². The van der Waals surface area contributed by atoms with E-state index in [9.17, 15) is 9.18 Å². The molecule has 0 spiro atoms. The summed E-state index contributed by atoms with van der Waals surface area (Å²) in [6, 6.07) is 0.233. The van der Waals surface area contributed by atoms with Crippen molar-refractivity contribution < 1.29 is 9.18 Å². The first-order valence-corrected chi connectivity index (χ1v) is 6.52. The van der Waals surface area contributed by atoms with Gasteiger partial charge in [-0.1, -0.05) is 6.92 Å². The van der Waals surface area contributed by atoms with Crippen LogP contribution in [0.5, 0.6) is 0 Å². The lowest BCUT2D eigenvalue weighted by Crippen LogP contribution is -2.45. The van der Waals surface area contributed by atoms with Crippen LogP contribution in [0.4, 0.5) is 4.39 Å². The molecule has 0 aromatic heterocycles. The molecule has 0 aromatic carbocycles. The largest absolute Gasteiger partial charge is 0.356 e. The summed E-state index contributed by atoms with van der Waals surface area (Å²) in [5, 5.41) is 6.31. The molecule has 104 valence electrons. The number of nitrogens with one attached hydrogen (secondary N) is 2. The van der Waals surface area contributed by atoms with Gasteiger partial charge < -0.3 is 15.5 Å². The normalized spacial score (nSPS) is 20.1. The molecule has 1 aliphatic heterocycles. The Bertz CT molecular complexity index is 296. The number of carbonyl (C=O) groups is 1. The monoisotopic (exact) mass is 258 g/mol. The zero-order chi connectivity index (χ0) is 13.4. The molecule has 1 atom stereocenters.